The summed E-state index contributed by atoms with van der Waals surface area (Å²) in [6.45, 7) is 2.11. The maximum Gasteiger partial charge on any atom is 0.274 e. The van der Waals surface area contributed by atoms with Gasteiger partial charge in [-0.2, -0.15) is 0 Å². The molecular weight excluding hydrogens is 728 g/mol. The zero-order chi connectivity index (χ0) is 41.9. The number of rotatable bonds is 30. The minimum Gasteiger partial charge on any atom is -0.382 e. The quantitative estimate of drug-likeness (QED) is 0.0326. The van der Waals surface area contributed by atoms with Crippen molar-refractivity contribution in [1.29, 1.82) is 0 Å². The van der Waals surface area contributed by atoms with Gasteiger partial charge < -0.3 is 77.8 Å². The van der Waals surface area contributed by atoms with Crippen LogP contribution in [0.25, 0.3) is 0 Å². The molecule has 0 aliphatic carbocycles. The molecule has 0 saturated carbocycles. The molecular formula is C34H66N16O6. The van der Waals surface area contributed by atoms with Gasteiger partial charge in [0.15, 0.2) is 23.0 Å². The fourth-order valence-electron chi connectivity index (χ4n) is 5.30. The Morgan fingerprint density at radius 2 is 0.732 bits per heavy atom. The number of hydrogen-bond acceptors (Lipinski definition) is 16. The van der Waals surface area contributed by atoms with E-state index in [1.807, 2.05) is 0 Å². The van der Waals surface area contributed by atoms with Gasteiger partial charge in [0.1, 0.15) is 12.1 Å². The number of amides is 6. The molecule has 0 spiro atoms. The first-order valence-corrected chi connectivity index (χ1v) is 19.3. The lowest BCUT2D eigenvalue weighted by Gasteiger charge is -2.20. The standard InChI is InChI=1S/C34H66N16O6/c35-13-5-1-9-21(39)29(51)43-17-19-45-31(53)23(11-3-7-15-37)47-33(55)25-27(41)50-26(28(42)49-25)34(56)48-24(12-4-8-16-38)32(54)46-20-18-44-30(52)22(40)10-2-6-14-36/h21-24H,1-20,35-40H2,(H2,42,49)(H2,41,50)(H,43,51)(H,44,52)(H,45,53)(H,46,54)(H,47,55)(H,48,56)/t21-,22?,23?,24-/m0/s1. The third kappa shape index (κ3) is 19.2. The van der Waals surface area contributed by atoms with Crippen LogP contribution in [0.15, 0.2) is 0 Å². The van der Waals surface area contributed by atoms with Gasteiger partial charge in [0.2, 0.25) is 23.6 Å². The van der Waals surface area contributed by atoms with E-state index in [9.17, 15) is 28.8 Å². The van der Waals surface area contributed by atoms with Crippen molar-refractivity contribution >= 4 is 47.1 Å². The van der Waals surface area contributed by atoms with Crippen LogP contribution in [-0.2, 0) is 19.2 Å². The number of nitrogens with one attached hydrogen (secondary N) is 6. The van der Waals surface area contributed by atoms with Crippen LogP contribution in [0.1, 0.15) is 98.0 Å². The third-order valence-electron chi connectivity index (χ3n) is 8.58. The van der Waals surface area contributed by atoms with Crippen molar-refractivity contribution in [2.24, 2.45) is 34.4 Å². The number of carbonyl (C=O) groups excluding carboxylic acids is 6. The summed E-state index contributed by atoms with van der Waals surface area (Å²) in [6.07, 6.45) is 6.54. The molecule has 0 bridgehead atoms. The predicted octanol–water partition coefficient (Wildman–Crippen LogP) is -4.53. The van der Waals surface area contributed by atoms with Gasteiger partial charge in [-0.15, -0.1) is 0 Å². The second-order valence-corrected chi connectivity index (χ2v) is 13.3. The van der Waals surface area contributed by atoms with Gasteiger partial charge in [-0.1, -0.05) is 12.8 Å². The van der Waals surface area contributed by atoms with E-state index in [0.717, 1.165) is 25.7 Å². The lowest BCUT2D eigenvalue weighted by molar-refractivity contribution is -0.124. The van der Waals surface area contributed by atoms with Crippen molar-refractivity contribution in [2.75, 3.05) is 63.8 Å². The van der Waals surface area contributed by atoms with Gasteiger partial charge in [-0.3, -0.25) is 28.8 Å². The number of aromatic nitrogens is 2. The molecule has 56 heavy (non-hydrogen) atoms. The fraction of sp³-hybridized carbons (Fsp3) is 0.706. The van der Waals surface area contributed by atoms with Crippen LogP contribution in [0, 0.1) is 0 Å². The predicted molar refractivity (Wildman–Crippen MR) is 213 cm³/mol. The second kappa shape index (κ2) is 28.6. The Bertz CT molecular complexity index is 1280. The molecule has 22 N–H and O–H groups in total. The molecule has 4 atom stereocenters. The minimum atomic E-state index is -1.03. The molecule has 0 radical (unpaired) electrons. The van der Waals surface area contributed by atoms with Gasteiger partial charge in [-0.05, 0) is 90.4 Å². The normalized spacial score (nSPS) is 13.1. The Morgan fingerprint density at radius 1 is 0.446 bits per heavy atom. The summed E-state index contributed by atoms with van der Waals surface area (Å²) < 4.78 is 0. The highest BCUT2D eigenvalue weighted by Crippen LogP contribution is 2.15. The first-order valence-electron chi connectivity index (χ1n) is 19.3. The van der Waals surface area contributed by atoms with Crippen LogP contribution < -0.4 is 77.8 Å². The molecule has 0 aromatic carbocycles. The van der Waals surface area contributed by atoms with Gasteiger partial charge in [-0.25, -0.2) is 9.97 Å². The summed E-state index contributed by atoms with van der Waals surface area (Å²) >= 11 is 0. The van der Waals surface area contributed by atoms with Crippen molar-refractivity contribution in [1.82, 2.24) is 41.9 Å². The van der Waals surface area contributed by atoms with Crippen LogP contribution in [-0.4, -0.2) is 122 Å². The average molecular weight is 795 g/mol. The molecule has 2 unspecified atom stereocenters. The molecule has 0 saturated heterocycles. The Morgan fingerprint density at radius 3 is 1.04 bits per heavy atom. The number of hydrogen-bond donors (Lipinski definition) is 14. The number of nitrogens with two attached hydrogens (primary N) is 8. The summed E-state index contributed by atoms with van der Waals surface area (Å²) in [5.41, 5.74) is 45.2. The van der Waals surface area contributed by atoms with E-state index in [1.165, 1.54) is 0 Å². The zero-order valence-corrected chi connectivity index (χ0v) is 32.4. The number of carbonyl (C=O) groups is 6. The zero-order valence-electron chi connectivity index (χ0n) is 32.4. The summed E-state index contributed by atoms with van der Waals surface area (Å²) in [5.74, 6) is -4.42. The second-order valence-electron chi connectivity index (χ2n) is 13.3. The van der Waals surface area contributed by atoms with Gasteiger partial charge >= 0.3 is 0 Å². The molecule has 1 heterocycles. The number of unbranched alkanes of at least 4 members (excludes halogenated alkanes) is 4. The Balaban J connectivity index is 2.91. The largest absolute Gasteiger partial charge is 0.382 e. The summed E-state index contributed by atoms with van der Waals surface area (Å²) in [6, 6.07) is -3.46. The lowest BCUT2D eigenvalue weighted by Crippen LogP contribution is -2.50. The van der Waals surface area contributed by atoms with Crippen molar-refractivity contribution < 1.29 is 28.8 Å². The SMILES string of the molecule is NCCCCC(N)C(=O)NCCNC(=O)[C@H](CCCCN)NC(=O)c1nc(N)c(C(=O)NC(CCCCN)C(=O)NCCNC(=O)[C@@H](N)CCCCN)nc1N. The molecule has 0 aliphatic rings. The van der Waals surface area contributed by atoms with Crippen molar-refractivity contribution in [2.45, 2.75) is 101 Å². The summed E-state index contributed by atoms with van der Waals surface area (Å²) in [7, 11) is 0. The van der Waals surface area contributed by atoms with Crippen molar-refractivity contribution in [3.63, 3.8) is 0 Å². The topological polar surface area (TPSA) is 409 Å². The first-order chi connectivity index (χ1) is 26.8. The smallest absolute Gasteiger partial charge is 0.274 e. The van der Waals surface area contributed by atoms with Gasteiger partial charge in [0.05, 0.1) is 12.1 Å². The van der Waals surface area contributed by atoms with E-state index in [4.69, 9.17) is 45.9 Å². The molecule has 22 heteroatoms. The highest BCUT2D eigenvalue weighted by Gasteiger charge is 2.28. The van der Waals surface area contributed by atoms with Crippen LogP contribution in [0.2, 0.25) is 0 Å². The van der Waals surface area contributed by atoms with E-state index in [0.29, 0.717) is 64.7 Å². The first kappa shape index (κ1) is 49.3. The van der Waals surface area contributed by atoms with E-state index < -0.39 is 70.8 Å². The maximum atomic E-state index is 13.3. The highest BCUT2D eigenvalue weighted by atomic mass is 16.2. The van der Waals surface area contributed by atoms with Crippen LogP contribution >= 0.6 is 0 Å². The maximum absolute atomic E-state index is 13.3. The Labute approximate surface area is 328 Å². The van der Waals surface area contributed by atoms with E-state index in [2.05, 4.69) is 41.9 Å². The lowest BCUT2D eigenvalue weighted by atomic mass is 10.1. The van der Waals surface area contributed by atoms with Gasteiger partial charge in [0.25, 0.3) is 11.8 Å². The third-order valence-corrected chi connectivity index (χ3v) is 8.58. The van der Waals surface area contributed by atoms with Crippen LogP contribution in [0.3, 0.4) is 0 Å². The Kier molecular flexibility index (Phi) is 25.2. The number of anilines is 2. The molecule has 0 fully saturated rings. The molecule has 0 aliphatic heterocycles. The van der Waals surface area contributed by atoms with Crippen LogP contribution in [0.5, 0.6) is 0 Å². The van der Waals surface area contributed by atoms with E-state index in [1.54, 1.807) is 0 Å². The minimum absolute atomic E-state index is 0.0640. The fourth-order valence-corrected chi connectivity index (χ4v) is 5.30. The highest BCUT2D eigenvalue weighted by molar-refractivity contribution is 6.03. The monoisotopic (exact) mass is 795 g/mol. The summed E-state index contributed by atoms with van der Waals surface area (Å²) in [4.78, 5) is 85.2. The van der Waals surface area contributed by atoms with Gasteiger partial charge in [0, 0.05) is 26.2 Å². The molecule has 1 rings (SSSR count). The molecule has 6 amide bonds. The summed E-state index contributed by atoms with van der Waals surface area (Å²) in [5, 5.41) is 15.8. The van der Waals surface area contributed by atoms with Crippen molar-refractivity contribution in [3.05, 3.63) is 11.4 Å². The molecule has 22 nitrogen and oxygen atoms in total. The van der Waals surface area contributed by atoms with Crippen molar-refractivity contribution in [3.8, 4) is 0 Å². The number of nitrogen functional groups attached to an aromatic ring is 2. The molecule has 1 aromatic heterocycles. The molecule has 1 aromatic rings. The molecule has 318 valence electrons. The van der Waals surface area contributed by atoms with Crippen LogP contribution in [0.4, 0.5) is 11.6 Å². The van der Waals surface area contributed by atoms with E-state index >= 15 is 0 Å². The Hall–Kier alpha value is -4.74. The van der Waals surface area contributed by atoms with E-state index in [-0.39, 0.29) is 50.8 Å². The number of nitrogens with zero attached hydrogens (tertiary/aromatic N) is 2. The average Bonchev–Trinajstić information content (AvgIpc) is 3.17.